The molecule has 1 rings (SSSR count). The van der Waals surface area contributed by atoms with Crippen LogP contribution < -0.4 is 5.73 Å². The van der Waals surface area contributed by atoms with Gasteiger partial charge in [-0.25, -0.2) is 0 Å². The van der Waals surface area contributed by atoms with Crippen molar-refractivity contribution < 1.29 is 0 Å². The molecule has 4 heteroatoms. The predicted octanol–water partition coefficient (Wildman–Crippen LogP) is 2.88. The van der Waals surface area contributed by atoms with E-state index in [4.69, 9.17) is 22.7 Å². The van der Waals surface area contributed by atoms with Gasteiger partial charge in [-0.2, -0.15) is 0 Å². The molecule has 0 radical (unpaired) electrons. The maximum absolute atomic E-state index is 7.27. The van der Waals surface area contributed by atoms with Crippen molar-refractivity contribution in [1.82, 2.24) is 4.90 Å². The van der Waals surface area contributed by atoms with Crippen molar-refractivity contribution in [2.24, 2.45) is 5.73 Å². The number of halogens is 1. The van der Waals surface area contributed by atoms with Gasteiger partial charge >= 0.3 is 0 Å². The number of amidine groups is 1. The Bertz CT molecular complexity index is 359. The van der Waals surface area contributed by atoms with Gasteiger partial charge in [0.25, 0.3) is 0 Å². The fraction of sp³-hybridized carbons (Fsp3) is 0.462. The lowest BCUT2D eigenvalue weighted by Crippen LogP contribution is -2.33. The van der Waals surface area contributed by atoms with Crippen LogP contribution in [0, 0.1) is 5.41 Å². The summed E-state index contributed by atoms with van der Waals surface area (Å²) in [5.74, 6) is 0.242. The van der Waals surface area contributed by atoms with Crippen molar-refractivity contribution in [2.75, 3.05) is 6.54 Å². The van der Waals surface area contributed by atoms with Crippen molar-refractivity contribution >= 4 is 17.4 Å². The summed E-state index contributed by atoms with van der Waals surface area (Å²) < 4.78 is 0. The molecule has 0 unspecified atom stereocenters. The van der Waals surface area contributed by atoms with Gasteiger partial charge in [-0.05, 0) is 31.5 Å². The van der Waals surface area contributed by atoms with E-state index in [0.717, 1.165) is 18.1 Å². The molecule has 1 aromatic rings. The average molecular weight is 254 g/mol. The third-order valence-electron chi connectivity index (χ3n) is 2.70. The minimum absolute atomic E-state index is 0.242. The molecule has 3 nitrogen and oxygen atoms in total. The normalized spacial score (nSPS) is 11.1. The summed E-state index contributed by atoms with van der Waals surface area (Å²) in [4.78, 5) is 2.30. The molecule has 0 aliphatic rings. The molecule has 0 aliphatic heterocycles. The van der Waals surface area contributed by atoms with Gasteiger partial charge in [0, 0.05) is 30.6 Å². The number of nitrogens with one attached hydrogen (secondary N) is 1. The molecule has 0 amide bonds. The lowest BCUT2D eigenvalue weighted by Gasteiger charge is -2.26. The molecule has 0 fully saturated rings. The maximum atomic E-state index is 7.27. The Labute approximate surface area is 108 Å². The number of hydrogen-bond acceptors (Lipinski definition) is 2. The van der Waals surface area contributed by atoms with Crippen molar-refractivity contribution in [3.8, 4) is 0 Å². The van der Waals surface area contributed by atoms with E-state index in [1.165, 1.54) is 5.56 Å². The quantitative estimate of drug-likeness (QED) is 0.605. The Morgan fingerprint density at radius 2 is 1.94 bits per heavy atom. The fourth-order valence-electron chi connectivity index (χ4n) is 1.61. The highest BCUT2D eigenvalue weighted by atomic mass is 35.5. The molecule has 0 atom stereocenters. The van der Waals surface area contributed by atoms with E-state index in [1.54, 1.807) is 0 Å². The smallest absolute Gasteiger partial charge is 0.0918 e. The molecule has 0 aromatic heterocycles. The average Bonchev–Trinajstić information content (AvgIpc) is 2.26. The van der Waals surface area contributed by atoms with Gasteiger partial charge in [0.1, 0.15) is 0 Å². The summed E-state index contributed by atoms with van der Waals surface area (Å²) in [6.45, 7) is 5.98. The first-order valence-corrected chi connectivity index (χ1v) is 6.18. The molecular formula is C13H20ClN3. The minimum atomic E-state index is 0.242. The first-order chi connectivity index (χ1) is 7.99. The van der Waals surface area contributed by atoms with Crippen molar-refractivity contribution in [3.63, 3.8) is 0 Å². The van der Waals surface area contributed by atoms with Gasteiger partial charge in [-0.15, -0.1) is 0 Å². The first kappa shape index (κ1) is 14.0. The van der Waals surface area contributed by atoms with Gasteiger partial charge in [0.05, 0.1) is 5.84 Å². The topological polar surface area (TPSA) is 53.1 Å². The van der Waals surface area contributed by atoms with Crippen LogP contribution in [-0.4, -0.2) is 23.3 Å². The molecular weight excluding hydrogens is 234 g/mol. The molecule has 1 aromatic carbocycles. The highest BCUT2D eigenvalue weighted by Gasteiger charge is 2.10. The highest BCUT2D eigenvalue weighted by Crippen LogP contribution is 2.13. The van der Waals surface area contributed by atoms with E-state index in [2.05, 4.69) is 18.7 Å². The lowest BCUT2D eigenvalue weighted by molar-refractivity contribution is 0.219. The number of nitrogens with zero attached hydrogens (tertiary/aromatic N) is 1. The minimum Gasteiger partial charge on any atom is -0.388 e. The maximum Gasteiger partial charge on any atom is 0.0918 e. The summed E-state index contributed by atoms with van der Waals surface area (Å²) in [5, 5.41) is 8.03. The Balaban J connectivity index is 2.60. The van der Waals surface area contributed by atoms with Crippen molar-refractivity contribution in [1.29, 1.82) is 5.41 Å². The van der Waals surface area contributed by atoms with Gasteiger partial charge in [0.15, 0.2) is 0 Å². The predicted molar refractivity (Wildman–Crippen MR) is 73.5 cm³/mol. The summed E-state index contributed by atoms with van der Waals surface area (Å²) in [6.07, 6.45) is 0.617. The van der Waals surface area contributed by atoms with Crippen LogP contribution in [0.1, 0.15) is 25.8 Å². The molecule has 17 heavy (non-hydrogen) atoms. The molecule has 0 spiro atoms. The van der Waals surface area contributed by atoms with E-state index in [0.29, 0.717) is 12.5 Å². The second-order valence-corrected chi connectivity index (χ2v) is 4.90. The van der Waals surface area contributed by atoms with Crippen LogP contribution >= 0.6 is 11.6 Å². The van der Waals surface area contributed by atoms with Gasteiger partial charge in [0.2, 0.25) is 0 Å². The molecule has 0 saturated carbocycles. The monoisotopic (exact) mass is 253 g/mol. The van der Waals surface area contributed by atoms with Crippen LogP contribution in [0.25, 0.3) is 0 Å². The van der Waals surface area contributed by atoms with Crippen LogP contribution in [0.2, 0.25) is 5.02 Å². The Morgan fingerprint density at radius 3 is 2.41 bits per heavy atom. The molecule has 94 valence electrons. The summed E-state index contributed by atoms with van der Waals surface area (Å²) in [5.41, 5.74) is 6.62. The fourth-order valence-corrected chi connectivity index (χ4v) is 1.73. The van der Waals surface area contributed by atoms with Gasteiger partial charge < -0.3 is 5.73 Å². The molecule has 0 aliphatic carbocycles. The summed E-state index contributed by atoms with van der Waals surface area (Å²) >= 11 is 5.86. The van der Waals surface area contributed by atoms with Gasteiger partial charge in [-0.3, -0.25) is 10.3 Å². The van der Waals surface area contributed by atoms with Crippen LogP contribution in [0.15, 0.2) is 24.3 Å². The van der Waals surface area contributed by atoms with Crippen LogP contribution in [0.5, 0.6) is 0 Å². The van der Waals surface area contributed by atoms with Crippen LogP contribution in [-0.2, 0) is 6.54 Å². The van der Waals surface area contributed by atoms with E-state index in [-0.39, 0.29) is 5.84 Å². The zero-order chi connectivity index (χ0) is 12.8. The van der Waals surface area contributed by atoms with Crippen LogP contribution in [0.3, 0.4) is 0 Å². The number of rotatable bonds is 6. The third kappa shape index (κ3) is 5.20. The highest BCUT2D eigenvalue weighted by molar-refractivity contribution is 6.30. The Morgan fingerprint density at radius 1 is 1.35 bits per heavy atom. The zero-order valence-corrected chi connectivity index (χ0v) is 11.2. The van der Waals surface area contributed by atoms with E-state index < -0.39 is 0 Å². The van der Waals surface area contributed by atoms with E-state index in [9.17, 15) is 0 Å². The van der Waals surface area contributed by atoms with E-state index in [1.807, 2.05) is 24.3 Å². The number of nitrogens with two attached hydrogens (primary N) is 1. The second kappa shape index (κ2) is 6.62. The Hall–Kier alpha value is -1.06. The Kier molecular flexibility index (Phi) is 5.45. The van der Waals surface area contributed by atoms with Gasteiger partial charge in [-0.1, -0.05) is 23.7 Å². The molecule has 3 N–H and O–H groups in total. The third-order valence-corrected chi connectivity index (χ3v) is 2.95. The second-order valence-electron chi connectivity index (χ2n) is 4.47. The van der Waals surface area contributed by atoms with Crippen LogP contribution in [0.4, 0.5) is 0 Å². The van der Waals surface area contributed by atoms with E-state index >= 15 is 0 Å². The SMILES string of the molecule is CC(C)N(CCC(=N)N)Cc1ccc(Cl)cc1. The number of hydrogen-bond donors (Lipinski definition) is 2. The number of benzene rings is 1. The standard InChI is InChI=1S/C13H20ClN3/c1-10(2)17(8-7-13(15)16)9-11-3-5-12(14)6-4-11/h3-6,10H,7-9H2,1-2H3,(H3,15,16). The molecule has 0 bridgehead atoms. The molecule has 0 heterocycles. The summed E-state index contributed by atoms with van der Waals surface area (Å²) in [6, 6.07) is 8.31. The lowest BCUT2D eigenvalue weighted by atomic mass is 10.2. The molecule has 0 saturated heterocycles. The summed E-state index contributed by atoms with van der Waals surface area (Å²) in [7, 11) is 0. The largest absolute Gasteiger partial charge is 0.388 e. The van der Waals surface area contributed by atoms with Crippen molar-refractivity contribution in [2.45, 2.75) is 32.9 Å². The first-order valence-electron chi connectivity index (χ1n) is 5.80. The van der Waals surface area contributed by atoms with Crippen molar-refractivity contribution in [3.05, 3.63) is 34.9 Å². The zero-order valence-electron chi connectivity index (χ0n) is 10.4.